The maximum atomic E-state index is 12.1. The third kappa shape index (κ3) is 5.51. The fourth-order valence-corrected chi connectivity index (χ4v) is 5.81. The summed E-state index contributed by atoms with van der Waals surface area (Å²) in [6, 6.07) is 9.72. The molecule has 0 aliphatic carbocycles. The third-order valence-electron chi connectivity index (χ3n) is 7.45. The van der Waals surface area contributed by atoms with Gasteiger partial charge < -0.3 is 23.8 Å². The van der Waals surface area contributed by atoms with E-state index in [1.54, 1.807) is 12.1 Å². The zero-order valence-corrected chi connectivity index (χ0v) is 20.8. The van der Waals surface area contributed by atoms with Gasteiger partial charge in [0.1, 0.15) is 24.1 Å². The number of rotatable bonds is 8. The summed E-state index contributed by atoms with van der Waals surface area (Å²) < 4.78 is 17.3. The Balaban J connectivity index is 1.58. The van der Waals surface area contributed by atoms with Gasteiger partial charge in [0.25, 0.3) is 0 Å². The zero-order valence-electron chi connectivity index (χ0n) is 20.8. The number of piperidine rings is 1. The fourth-order valence-electron chi connectivity index (χ4n) is 5.81. The van der Waals surface area contributed by atoms with E-state index >= 15 is 0 Å². The van der Waals surface area contributed by atoms with Crippen LogP contribution in [0.5, 0.6) is 11.5 Å². The molecule has 2 fully saturated rings. The van der Waals surface area contributed by atoms with Crippen molar-refractivity contribution < 1.29 is 43.0 Å². The average molecular weight is 499 g/mol. The van der Waals surface area contributed by atoms with E-state index < -0.39 is 23.9 Å². The Morgan fingerprint density at radius 3 is 2.19 bits per heavy atom. The number of quaternary nitrogens is 1. The Morgan fingerprint density at radius 2 is 1.58 bits per heavy atom. The molecule has 9 nitrogen and oxygen atoms in total. The number of benzene rings is 2. The van der Waals surface area contributed by atoms with Crippen LogP contribution in [0.15, 0.2) is 30.3 Å². The Bertz CT molecular complexity index is 1190. The van der Waals surface area contributed by atoms with Crippen LogP contribution in [0.4, 0.5) is 0 Å². The number of aliphatic carboxylic acids is 1. The number of carboxylic acid groups (broad SMARTS) is 1. The number of hydrogen-bond acceptors (Lipinski definition) is 7. The van der Waals surface area contributed by atoms with Crippen molar-refractivity contribution in [2.45, 2.75) is 77.1 Å². The lowest BCUT2D eigenvalue weighted by atomic mass is 9.94. The van der Waals surface area contributed by atoms with E-state index in [2.05, 4.69) is 7.05 Å². The van der Waals surface area contributed by atoms with E-state index in [1.165, 1.54) is 13.8 Å². The number of carbonyl (C=O) groups excluding carboxylic acids is 3. The Labute approximate surface area is 209 Å². The monoisotopic (exact) mass is 498 g/mol. The van der Waals surface area contributed by atoms with Crippen LogP contribution in [0.2, 0.25) is 0 Å². The van der Waals surface area contributed by atoms with Crippen molar-refractivity contribution in [3.63, 3.8) is 0 Å². The molecule has 4 rings (SSSR count). The molecular formula is C27H32NO8+. The van der Waals surface area contributed by atoms with Crippen LogP contribution in [0.25, 0.3) is 10.8 Å². The van der Waals surface area contributed by atoms with Gasteiger partial charge in [-0.3, -0.25) is 19.2 Å². The van der Waals surface area contributed by atoms with Crippen molar-refractivity contribution in [3.8, 4) is 11.5 Å². The highest BCUT2D eigenvalue weighted by molar-refractivity contribution is 5.92. The molecule has 2 unspecified atom stereocenters. The molecule has 0 saturated carbocycles. The molecule has 2 aliphatic heterocycles. The van der Waals surface area contributed by atoms with Crippen molar-refractivity contribution in [2.24, 2.45) is 0 Å². The molecule has 2 bridgehead atoms. The van der Waals surface area contributed by atoms with Crippen LogP contribution in [-0.2, 0) is 30.5 Å². The van der Waals surface area contributed by atoms with Crippen molar-refractivity contribution in [1.82, 2.24) is 0 Å². The lowest BCUT2D eigenvalue weighted by molar-refractivity contribution is -0.961. The molecule has 0 spiro atoms. The summed E-state index contributed by atoms with van der Waals surface area (Å²) in [6.07, 6.45) is 2.84. The highest BCUT2D eigenvalue weighted by atomic mass is 16.5. The summed E-state index contributed by atoms with van der Waals surface area (Å²) in [5, 5.41) is 10.4. The summed E-state index contributed by atoms with van der Waals surface area (Å²) >= 11 is 0. The average Bonchev–Trinajstić information content (AvgIpc) is 2.94. The molecule has 36 heavy (non-hydrogen) atoms. The molecule has 2 aliphatic rings. The predicted molar refractivity (Wildman–Crippen MR) is 129 cm³/mol. The normalized spacial score (nSPS) is 24.8. The van der Waals surface area contributed by atoms with Crippen LogP contribution < -0.4 is 9.47 Å². The smallest absolute Gasteiger partial charge is 0.308 e. The third-order valence-corrected chi connectivity index (χ3v) is 7.45. The zero-order chi connectivity index (χ0) is 26.0. The molecule has 2 aromatic rings. The van der Waals surface area contributed by atoms with Crippen LogP contribution in [0, 0.1) is 0 Å². The van der Waals surface area contributed by atoms with E-state index in [9.17, 15) is 19.2 Å². The molecule has 0 amide bonds. The van der Waals surface area contributed by atoms with Crippen LogP contribution in [-0.4, -0.2) is 58.7 Å². The standard InChI is InChI=1S/C27H31NO8/c1-16(29)34-24-6-4-5-18-11-19(25(14-23(18)24)35-17(2)30)15-28(3)20-7-8-21(28)13-22(12-20)36-27(33)10-9-26(31)32/h4-6,11,14,20-22H,7-10,12-13,15H2,1-3H3/p+1. The van der Waals surface area contributed by atoms with Crippen LogP contribution in [0.1, 0.15) is 57.9 Å². The molecule has 2 saturated heterocycles. The number of fused-ring (bicyclic) bond motifs is 3. The second-order valence-corrected chi connectivity index (χ2v) is 9.99. The summed E-state index contributed by atoms with van der Waals surface area (Å²) in [7, 11) is 2.20. The number of hydrogen-bond donors (Lipinski definition) is 1. The highest BCUT2D eigenvalue weighted by Crippen LogP contribution is 2.45. The first-order valence-electron chi connectivity index (χ1n) is 12.2. The summed E-state index contributed by atoms with van der Waals surface area (Å²) in [6.45, 7) is 3.33. The Kier molecular flexibility index (Phi) is 7.31. The van der Waals surface area contributed by atoms with Gasteiger partial charge in [0, 0.05) is 50.5 Å². The minimum atomic E-state index is -1.01. The van der Waals surface area contributed by atoms with E-state index in [0.29, 0.717) is 36.3 Å². The second-order valence-electron chi connectivity index (χ2n) is 9.99. The van der Waals surface area contributed by atoms with Gasteiger partial charge in [-0.05, 0) is 23.6 Å². The molecule has 2 aromatic carbocycles. The van der Waals surface area contributed by atoms with Gasteiger partial charge in [-0.25, -0.2) is 0 Å². The van der Waals surface area contributed by atoms with Gasteiger partial charge in [0.15, 0.2) is 0 Å². The van der Waals surface area contributed by atoms with Crippen LogP contribution in [0.3, 0.4) is 0 Å². The van der Waals surface area contributed by atoms with Crippen molar-refractivity contribution in [1.29, 1.82) is 0 Å². The first kappa shape index (κ1) is 25.6. The van der Waals surface area contributed by atoms with Crippen molar-refractivity contribution in [3.05, 3.63) is 35.9 Å². The van der Waals surface area contributed by atoms with Gasteiger partial charge in [-0.1, -0.05) is 12.1 Å². The molecule has 9 heteroatoms. The second kappa shape index (κ2) is 10.3. The number of nitrogens with zero attached hydrogens (tertiary/aromatic N) is 1. The minimum Gasteiger partial charge on any atom is -0.481 e. The van der Waals surface area contributed by atoms with E-state index in [1.807, 2.05) is 18.2 Å². The number of ether oxygens (including phenoxy) is 3. The largest absolute Gasteiger partial charge is 0.481 e. The maximum absolute atomic E-state index is 12.1. The topological polar surface area (TPSA) is 116 Å². The summed E-state index contributed by atoms with van der Waals surface area (Å²) in [5.41, 5.74) is 0.883. The van der Waals surface area contributed by atoms with Gasteiger partial charge in [-0.15, -0.1) is 0 Å². The number of carbonyl (C=O) groups is 4. The lowest BCUT2D eigenvalue weighted by Crippen LogP contribution is -2.58. The summed E-state index contributed by atoms with van der Waals surface area (Å²) in [5.74, 6) is -1.49. The molecular weight excluding hydrogens is 466 g/mol. The van der Waals surface area contributed by atoms with Crippen LogP contribution >= 0.6 is 0 Å². The minimum absolute atomic E-state index is 0.120. The molecule has 0 radical (unpaired) electrons. The van der Waals surface area contributed by atoms with Gasteiger partial charge in [0.05, 0.1) is 32.0 Å². The fraction of sp³-hybridized carbons (Fsp3) is 0.481. The molecule has 192 valence electrons. The van der Waals surface area contributed by atoms with Gasteiger partial charge >= 0.3 is 23.9 Å². The Hall–Kier alpha value is -3.46. The molecule has 0 aromatic heterocycles. The van der Waals surface area contributed by atoms with E-state index in [4.69, 9.17) is 19.3 Å². The van der Waals surface area contributed by atoms with Crippen molar-refractivity contribution >= 4 is 34.6 Å². The SMILES string of the molecule is CC(=O)Oc1cc2c(OC(C)=O)cccc2cc1C[N+]1(C)C2CCC1CC(OC(=O)CCC(=O)O)C2. The lowest BCUT2D eigenvalue weighted by Gasteiger charge is -2.47. The van der Waals surface area contributed by atoms with E-state index in [-0.39, 0.29) is 31.0 Å². The van der Waals surface area contributed by atoms with Crippen molar-refractivity contribution in [2.75, 3.05) is 7.05 Å². The quantitative estimate of drug-likeness (QED) is 0.332. The first-order valence-corrected chi connectivity index (χ1v) is 12.2. The number of esters is 3. The maximum Gasteiger partial charge on any atom is 0.308 e. The highest BCUT2D eigenvalue weighted by Gasteiger charge is 2.52. The van der Waals surface area contributed by atoms with E-state index in [0.717, 1.165) is 28.3 Å². The van der Waals surface area contributed by atoms with Gasteiger partial charge in [0.2, 0.25) is 0 Å². The summed E-state index contributed by atoms with van der Waals surface area (Å²) in [4.78, 5) is 46.3. The first-order chi connectivity index (χ1) is 17.0. The van der Waals surface area contributed by atoms with Gasteiger partial charge in [-0.2, -0.15) is 0 Å². The predicted octanol–water partition coefficient (Wildman–Crippen LogP) is 3.74. The molecule has 2 heterocycles. The number of carboxylic acids is 1. The Morgan fingerprint density at radius 1 is 0.944 bits per heavy atom. The molecule has 2 atom stereocenters. The molecule has 1 N–H and O–H groups in total.